The Kier molecular flexibility index (Phi) is 12.4. The zero-order valence-electron chi connectivity index (χ0n) is 45.8. The van der Waals surface area contributed by atoms with Crippen LogP contribution in [0.5, 0.6) is 0 Å². The van der Waals surface area contributed by atoms with E-state index in [2.05, 4.69) is 285 Å². The van der Waals surface area contributed by atoms with Crippen molar-refractivity contribution in [2.45, 2.75) is 20.8 Å². The summed E-state index contributed by atoms with van der Waals surface area (Å²) in [4.78, 5) is 5.08. The summed E-state index contributed by atoms with van der Waals surface area (Å²) in [5, 5.41) is 19.8. The maximum Gasteiger partial charge on any atom is 0.252 e. The van der Waals surface area contributed by atoms with E-state index in [1.165, 1.54) is 38.6 Å². The summed E-state index contributed by atoms with van der Waals surface area (Å²) in [5.74, 6) is 0. The molecular weight excluding hydrogens is 992 g/mol. The van der Waals surface area contributed by atoms with Crippen LogP contribution in [0.15, 0.2) is 267 Å². The number of nitriles is 2. The van der Waals surface area contributed by atoms with E-state index in [-0.39, 0.29) is 6.71 Å². The van der Waals surface area contributed by atoms with Crippen LogP contribution in [0.25, 0.3) is 77.9 Å². The van der Waals surface area contributed by atoms with Gasteiger partial charge < -0.3 is 9.80 Å². The van der Waals surface area contributed by atoms with Crippen LogP contribution in [-0.2, 0) is 0 Å². The average molecular weight is 1050 g/mol. The van der Waals surface area contributed by atoms with Crippen LogP contribution < -0.4 is 26.2 Å². The van der Waals surface area contributed by atoms with Gasteiger partial charge in [-0.3, -0.25) is 0 Å². The molecule has 4 nitrogen and oxygen atoms in total. The molecule has 12 aromatic rings. The van der Waals surface area contributed by atoms with Crippen molar-refractivity contribution in [1.82, 2.24) is 0 Å². The Hall–Kier alpha value is -10.7. The molecule has 82 heavy (non-hydrogen) atoms. The number of fused-ring (bicyclic) bond motifs is 4. The quantitative estimate of drug-likeness (QED) is 0.135. The highest BCUT2D eigenvalue weighted by molar-refractivity contribution is 7.00. The van der Waals surface area contributed by atoms with Crippen LogP contribution in [0.2, 0.25) is 0 Å². The van der Waals surface area contributed by atoms with Crippen LogP contribution in [0, 0.1) is 43.4 Å². The smallest absolute Gasteiger partial charge is 0.252 e. The minimum atomic E-state index is -0.245. The van der Waals surface area contributed by atoms with E-state index in [0.29, 0.717) is 11.1 Å². The molecule has 0 aromatic heterocycles. The minimum absolute atomic E-state index is 0.245. The maximum atomic E-state index is 9.91. The molecule has 12 aromatic carbocycles. The molecule has 0 saturated carbocycles. The van der Waals surface area contributed by atoms with Gasteiger partial charge in [-0.25, -0.2) is 0 Å². The first-order valence-electron chi connectivity index (χ1n) is 27.9. The Morgan fingerprint density at radius 1 is 0.293 bits per heavy atom. The third kappa shape index (κ3) is 8.83. The molecular formula is C77H53BN4. The van der Waals surface area contributed by atoms with Gasteiger partial charge in [-0.2, -0.15) is 10.5 Å². The zero-order chi connectivity index (χ0) is 55.4. The van der Waals surface area contributed by atoms with Gasteiger partial charge in [0.15, 0.2) is 0 Å². The number of aryl methyl sites for hydroxylation is 3. The summed E-state index contributed by atoms with van der Waals surface area (Å²) in [6, 6.07) is 101. The van der Waals surface area contributed by atoms with E-state index >= 15 is 0 Å². The number of hydrogen-bond acceptors (Lipinski definition) is 4. The van der Waals surface area contributed by atoms with Crippen LogP contribution in [0.3, 0.4) is 0 Å². The molecule has 2 aliphatic rings. The van der Waals surface area contributed by atoms with Crippen molar-refractivity contribution >= 4 is 57.2 Å². The fourth-order valence-corrected chi connectivity index (χ4v) is 12.8. The van der Waals surface area contributed by atoms with Crippen LogP contribution in [-0.4, -0.2) is 6.71 Å². The minimum Gasteiger partial charge on any atom is -0.311 e. The number of rotatable bonds is 9. The molecule has 384 valence electrons. The van der Waals surface area contributed by atoms with Gasteiger partial charge in [-0.05, 0) is 211 Å². The summed E-state index contributed by atoms with van der Waals surface area (Å²) >= 11 is 0. The van der Waals surface area contributed by atoms with Gasteiger partial charge in [0.05, 0.1) is 23.3 Å². The number of benzene rings is 12. The van der Waals surface area contributed by atoms with E-state index in [1.807, 2.05) is 24.3 Å². The second-order valence-electron chi connectivity index (χ2n) is 21.7. The Morgan fingerprint density at radius 2 is 0.622 bits per heavy atom. The largest absolute Gasteiger partial charge is 0.311 e. The Labute approximate surface area is 480 Å². The van der Waals surface area contributed by atoms with Crippen molar-refractivity contribution in [3.63, 3.8) is 0 Å². The molecule has 0 bridgehead atoms. The molecule has 0 aliphatic carbocycles. The summed E-state index contributed by atoms with van der Waals surface area (Å²) in [6.45, 7) is 6.45. The zero-order valence-corrected chi connectivity index (χ0v) is 45.8. The topological polar surface area (TPSA) is 54.1 Å². The van der Waals surface area contributed by atoms with Crippen LogP contribution >= 0.6 is 0 Å². The van der Waals surface area contributed by atoms with Crippen molar-refractivity contribution in [2.75, 3.05) is 9.80 Å². The van der Waals surface area contributed by atoms with Crippen LogP contribution in [0.1, 0.15) is 27.8 Å². The van der Waals surface area contributed by atoms with E-state index in [4.69, 9.17) is 0 Å². The molecule has 0 spiro atoms. The summed E-state index contributed by atoms with van der Waals surface area (Å²) in [7, 11) is 0. The van der Waals surface area contributed by atoms with Crippen molar-refractivity contribution in [3.8, 4) is 90.0 Å². The molecule has 14 rings (SSSR count). The molecule has 0 fully saturated rings. The Balaban J connectivity index is 1.13. The third-order valence-electron chi connectivity index (χ3n) is 16.5. The summed E-state index contributed by atoms with van der Waals surface area (Å²) in [6.07, 6.45) is 0. The summed E-state index contributed by atoms with van der Waals surface area (Å²) in [5.41, 5.74) is 30.5. The van der Waals surface area contributed by atoms with Gasteiger partial charge in [0.25, 0.3) is 6.71 Å². The summed E-state index contributed by atoms with van der Waals surface area (Å²) < 4.78 is 0. The second kappa shape index (κ2) is 20.5. The van der Waals surface area contributed by atoms with Crippen molar-refractivity contribution in [2.24, 2.45) is 0 Å². The molecule has 2 heterocycles. The standard InChI is InChI=1S/C77H53BN4/c1-50-36-51(2)76(52(3)37-50)67-46-74-77-75(47-67)82(69-42-65(57-20-12-6-13-21-57)39-66(43-69)58-22-14-7-15-23-58)73-35-33-62(60-30-26-54(49-80)27-31-60)45-71(73)78(77)70-44-61(59-28-24-53(48-79)25-29-59)32-34-72(70)81(74)68-40-63(55-16-8-4-9-17-55)38-64(41-68)56-18-10-5-11-19-56/h4-47H,1-3H3. The van der Waals surface area contributed by atoms with E-state index in [0.717, 1.165) is 106 Å². The van der Waals surface area contributed by atoms with Gasteiger partial charge in [0, 0.05) is 34.1 Å². The monoisotopic (exact) mass is 1040 g/mol. The molecule has 5 heteroatoms. The molecule has 0 unspecified atom stereocenters. The van der Waals surface area contributed by atoms with Crippen molar-refractivity contribution < 1.29 is 0 Å². The highest BCUT2D eigenvalue weighted by atomic mass is 15.2. The normalized spacial score (nSPS) is 12.0. The lowest BCUT2D eigenvalue weighted by atomic mass is 9.33. The first-order chi connectivity index (χ1) is 40.3. The number of anilines is 6. The fraction of sp³-hybridized carbons (Fsp3) is 0.0390. The third-order valence-corrected chi connectivity index (χ3v) is 16.5. The molecule has 0 saturated heterocycles. The maximum absolute atomic E-state index is 9.91. The lowest BCUT2D eigenvalue weighted by Gasteiger charge is -2.45. The highest BCUT2D eigenvalue weighted by Gasteiger charge is 2.44. The predicted octanol–water partition coefficient (Wildman–Crippen LogP) is 18.1. The van der Waals surface area contributed by atoms with Gasteiger partial charge >= 0.3 is 0 Å². The van der Waals surface area contributed by atoms with E-state index < -0.39 is 0 Å². The van der Waals surface area contributed by atoms with Crippen molar-refractivity contribution in [1.29, 1.82) is 10.5 Å². The first kappa shape index (κ1) is 49.6. The highest BCUT2D eigenvalue weighted by Crippen LogP contribution is 2.50. The van der Waals surface area contributed by atoms with E-state index in [1.54, 1.807) is 0 Å². The SMILES string of the molecule is Cc1cc(C)c(-c2cc3c4c(c2)N(c2cc(-c5ccccc5)cc(-c5ccccc5)c2)c2ccc(-c5ccc(C#N)cc5)cc2B4c2cc(-c4ccc(C#N)cc4)ccc2N3c2cc(-c3ccccc3)cc(-c3ccccc3)c2)c(C)c1. The number of hydrogen-bond donors (Lipinski definition) is 0. The van der Waals surface area contributed by atoms with Gasteiger partial charge in [0.1, 0.15) is 0 Å². The molecule has 0 amide bonds. The first-order valence-corrected chi connectivity index (χ1v) is 27.9. The lowest BCUT2D eigenvalue weighted by Crippen LogP contribution is -2.61. The predicted molar refractivity (Wildman–Crippen MR) is 342 cm³/mol. The molecule has 0 radical (unpaired) electrons. The molecule has 0 atom stereocenters. The average Bonchev–Trinajstić information content (AvgIpc) is 1.93. The van der Waals surface area contributed by atoms with Gasteiger partial charge in [-0.1, -0.05) is 188 Å². The van der Waals surface area contributed by atoms with Crippen LogP contribution in [0.4, 0.5) is 34.1 Å². The fourth-order valence-electron chi connectivity index (χ4n) is 12.8. The molecule has 0 N–H and O–H groups in total. The Morgan fingerprint density at radius 3 is 0.963 bits per heavy atom. The number of nitrogens with zero attached hydrogens (tertiary/aromatic N) is 4. The van der Waals surface area contributed by atoms with Gasteiger partial charge in [0.2, 0.25) is 0 Å². The van der Waals surface area contributed by atoms with Crippen molar-refractivity contribution in [3.05, 3.63) is 295 Å². The van der Waals surface area contributed by atoms with E-state index in [9.17, 15) is 10.5 Å². The Bertz CT molecular complexity index is 4140. The lowest BCUT2D eigenvalue weighted by molar-refractivity contribution is 1.25. The molecule has 2 aliphatic heterocycles. The second-order valence-corrected chi connectivity index (χ2v) is 21.7. The van der Waals surface area contributed by atoms with Gasteiger partial charge in [-0.15, -0.1) is 0 Å².